The standard InChI is InChI=1S/C14H24N2O/c1-10(17)15(2)16(3)14-7-11-4-12(8-14)6-13(5-11)9-14/h11-13H,4-9H2,1-3H3. The van der Waals surface area contributed by atoms with Crippen LogP contribution in [0.2, 0.25) is 0 Å². The van der Waals surface area contributed by atoms with E-state index in [1.165, 1.54) is 38.5 Å². The Morgan fingerprint density at radius 2 is 1.41 bits per heavy atom. The zero-order chi connectivity index (χ0) is 12.2. The highest BCUT2D eigenvalue weighted by Gasteiger charge is 2.53. The van der Waals surface area contributed by atoms with Crippen LogP contribution in [0.4, 0.5) is 0 Å². The van der Waals surface area contributed by atoms with Crippen LogP contribution in [0.1, 0.15) is 45.4 Å². The molecule has 4 fully saturated rings. The molecule has 17 heavy (non-hydrogen) atoms. The number of hydrogen-bond acceptors (Lipinski definition) is 2. The molecule has 4 saturated carbocycles. The van der Waals surface area contributed by atoms with Gasteiger partial charge >= 0.3 is 0 Å². The van der Waals surface area contributed by atoms with Gasteiger partial charge in [-0.1, -0.05) is 0 Å². The molecular formula is C14H24N2O. The second kappa shape index (κ2) is 3.71. The summed E-state index contributed by atoms with van der Waals surface area (Å²) in [5.74, 6) is 2.96. The second-order valence-corrected chi connectivity index (χ2v) is 6.71. The summed E-state index contributed by atoms with van der Waals surface area (Å²) in [6, 6.07) is 0. The first-order valence-electron chi connectivity index (χ1n) is 6.98. The highest BCUT2D eigenvalue weighted by molar-refractivity contribution is 5.72. The second-order valence-electron chi connectivity index (χ2n) is 6.71. The summed E-state index contributed by atoms with van der Waals surface area (Å²) in [6.45, 7) is 1.66. The predicted octanol–water partition coefficient (Wildman–Crippen LogP) is 2.28. The number of carbonyl (C=O) groups excluding carboxylic acids is 1. The number of nitrogens with zero attached hydrogens (tertiary/aromatic N) is 2. The molecule has 4 bridgehead atoms. The van der Waals surface area contributed by atoms with Crippen molar-refractivity contribution in [2.45, 2.75) is 51.0 Å². The lowest BCUT2D eigenvalue weighted by Crippen LogP contribution is -2.63. The van der Waals surface area contributed by atoms with E-state index in [9.17, 15) is 4.79 Å². The number of rotatable bonds is 2. The number of amides is 1. The molecule has 0 aromatic carbocycles. The van der Waals surface area contributed by atoms with Gasteiger partial charge in [-0.3, -0.25) is 9.80 Å². The molecular weight excluding hydrogens is 212 g/mol. The van der Waals surface area contributed by atoms with E-state index in [0.717, 1.165) is 17.8 Å². The molecule has 0 spiro atoms. The van der Waals surface area contributed by atoms with Crippen LogP contribution in [-0.2, 0) is 4.79 Å². The van der Waals surface area contributed by atoms with E-state index < -0.39 is 0 Å². The van der Waals surface area contributed by atoms with Gasteiger partial charge in [-0.25, -0.2) is 5.01 Å². The lowest BCUT2D eigenvalue weighted by molar-refractivity contribution is -0.175. The van der Waals surface area contributed by atoms with Crippen molar-refractivity contribution in [1.82, 2.24) is 10.0 Å². The molecule has 4 aliphatic rings. The maximum absolute atomic E-state index is 11.6. The minimum absolute atomic E-state index is 0.156. The zero-order valence-electron chi connectivity index (χ0n) is 11.3. The van der Waals surface area contributed by atoms with Gasteiger partial charge in [0.15, 0.2) is 0 Å². The summed E-state index contributed by atoms with van der Waals surface area (Å²) in [5.41, 5.74) is 0.301. The molecule has 0 saturated heterocycles. The Kier molecular flexibility index (Phi) is 2.51. The third kappa shape index (κ3) is 1.70. The minimum Gasteiger partial charge on any atom is -0.278 e. The Bertz CT molecular complexity index is 304. The lowest BCUT2D eigenvalue weighted by atomic mass is 9.53. The summed E-state index contributed by atoms with van der Waals surface area (Å²) in [6.07, 6.45) is 8.30. The van der Waals surface area contributed by atoms with Crippen molar-refractivity contribution in [3.63, 3.8) is 0 Å². The van der Waals surface area contributed by atoms with Crippen LogP contribution in [0.15, 0.2) is 0 Å². The van der Waals surface area contributed by atoms with Gasteiger partial charge in [-0.15, -0.1) is 0 Å². The summed E-state index contributed by atoms with van der Waals surface area (Å²) in [5, 5.41) is 4.09. The average molecular weight is 236 g/mol. The van der Waals surface area contributed by atoms with Gasteiger partial charge in [0, 0.05) is 26.6 Å². The van der Waals surface area contributed by atoms with Gasteiger partial charge in [0.1, 0.15) is 0 Å². The van der Waals surface area contributed by atoms with Crippen LogP contribution >= 0.6 is 0 Å². The van der Waals surface area contributed by atoms with E-state index >= 15 is 0 Å². The smallest absolute Gasteiger partial charge is 0.233 e. The zero-order valence-corrected chi connectivity index (χ0v) is 11.3. The van der Waals surface area contributed by atoms with Gasteiger partial charge in [-0.2, -0.15) is 0 Å². The van der Waals surface area contributed by atoms with E-state index in [4.69, 9.17) is 0 Å². The first-order chi connectivity index (χ1) is 8.00. The van der Waals surface area contributed by atoms with E-state index in [1.54, 1.807) is 6.92 Å². The van der Waals surface area contributed by atoms with Crippen molar-refractivity contribution in [3.8, 4) is 0 Å². The van der Waals surface area contributed by atoms with Crippen molar-refractivity contribution < 1.29 is 4.79 Å². The molecule has 4 rings (SSSR count). The van der Waals surface area contributed by atoms with Crippen molar-refractivity contribution in [1.29, 1.82) is 0 Å². The van der Waals surface area contributed by atoms with Crippen LogP contribution in [-0.4, -0.2) is 35.6 Å². The lowest BCUT2D eigenvalue weighted by Gasteiger charge is -2.60. The third-order valence-corrected chi connectivity index (χ3v) is 5.60. The highest BCUT2D eigenvalue weighted by Crippen LogP contribution is 2.57. The Morgan fingerprint density at radius 3 is 1.76 bits per heavy atom. The molecule has 3 heteroatoms. The molecule has 0 N–H and O–H groups in total. The summed E-state index contributed by atoms with van der Waals surface area (Å²) in [4.78, 5) is 11.6. The monoisotopic (exact) mass is 236 g/mol. The van der Waals surface area contributed by atoms with Crippen LogP contribution in [0, 0.1) is 17.8 Å². The number of hydrazine groups is 1. The SMILES string of the molecule is CC(=O)N(C)N(C)C12CC3CC(CC(C3)C1)C2. The Morgan fingerprint density at radius 1 is 1.00 bits per heavy atom. The molecule has 0 radical (unpaired) electrons. The molecule has 0 aliphatic heterocycles. The van der Waals surface area contributed by atoms with Crippen molar-refractivity contribution in [2.75, 3.05) is 14.1 Å². The molecule has 4 aliphatic carbocycles. The van der Waals surface area contributed by atoms with Crippen LogP contribution in [0.25, 0.3) is 0 Å². The molecule has 96 valence electrons. The highest BCUT2D eigenvalue weighted by atomic mass is 16.2. The van der Waals surface area contributed by atoms with E-state index in [0.29, 0.717) is 5.54 Å². The van der Waals surface area contributed by atoms with E-state index in [-0.39, 0.29) is 5.91 Å². The Hall–Kier alpha value is -0.570. The fourth-order valence-corrected chi connectivity index (χ4v) is 4.99. The molecule has 3 nitrogen and oxygen atoms in total. The van der Waals surface area contributed by atoms with Crippen molar-refractivity contribution >= 4 is 5.91 Å². The molecule has 1 amide bonds. The van der Waals surface area contributed by atoms with Gasteiger partial charge in [0.25, 0.3) is 0 Å². The van der Waals surface area contributed by atoms with Gasteiger partial charge in [0.2, 0.25) is 5.91 Å². The first-order valence-corrected chi connectivity index (χ1v) is 6.98. The first kappa shape index (κ1) is 11.5. The quantitative estimate of drug-likeness (QED) is 0.687. The molecule has 0 aromatic heterocycles. The summed E-state index contributed by atoms with van der Waals surface area (Å²) < 4.78 is 0. The van der Waals surface area contributed by atoms with Gasteiger partial charge < -0.3 is 0 Å². The van der Waals surface area contributed by atoms with E-state index in [2.05, 4.69) is 12.1 Å². The normalized spacial score (nSPS) is 43.2. The number of hydrogen-bond donors (Lipinski definition) is 0. The maximum atomic E-state index is 11.6. The van der Waals surface area contributed by atoms with Crippen LogP contribution < -0.4 is 0 Å². The molecule has 0 aromatic rings. The number of carbonyl (C=O) groups is 1. The molecule has 0 unspecified atom stereocenters. The maximum Gasteiger partial charge on any atom is 0.233 e. The fourth-order valence-electron chi connectivity index (χ4n) is 4.99. The topological polar surface area (TPSA) is 23.6 Å². The van der Waals surface area contributed by atoms with E-state index in [1.807, 2.05) is 12.1 Å². The predicted molar refractivity (Wildman–Crippen MR) is 67.1 cm³/mol. The average Bonchev–Trinajstić information content (AvgIpc) is 2.25. The van der Waals surface area contributed by atoms with Crippen LogP contribution in [0.5, 0.6) is 0 Å². The molecule has 0 heterocycles. The summed E-state index contributed by atoms with van der Waals surface area (Å²) in [7, 11) is 4.04. The summed E-state index contributed by atoms with van der Waals surface area (Å²) >= 11 is 0. The minimum atomic E-state index is 0.156. The van der Waals surface area contributed by atoms with Crippen molar-refractivity contribution in [2.24, 2.45) is 17.8 Å². The van der Waals surface area contributed by atoms with Gasteiger partial charge in [-0.05, 0) is 56.3 Å². The fraction of sp³-hybridized carbons (Fsp3) is 0.929. The Balaban J connectivity index is 1.84. The van der Waals surface area contributed by atoms with Crippen LogP contribution in [0.3, 0.4) is 0 Å². The molecule has 0 atom stereocenters. The van der Waals surface area contributed by atoms with Gasteiger partial charge in [0.05, 0.1) is 0 Å². The van der Waals surface area contributed by atoms with Crippen molar-refractivity contribution in [3.05, 3.63) is 0 Å². The third-order valence-electron chi connectivity index (χ3n) is 5.60. The largest absolute Gasteiger partial charge is 0.278 e. The Labute approximate surface area is 104 Å².